The van der Waals surface area contributed by atoms with Gasteiger partial charge in [0.1, 0.15) is 6.04 Å². The summed E-state index contributed by atoms with van der Waals surface area (Å²) in [5, 5.41) is 12.2. The average molecular weight is 322 g/mol. The number of aliphatic hydroxyl groups excluding tert-OH is 1. The van der Waals surface area contributed by atoms with Crippen molar-refractivity contribution >= 4 is 11.8 Å². The summed E-state index contributed by atoms with van der Waals surface area (Å²) in [5.41, 5.74) is 0. The van der Waals surface area contributed by atoms with E-state index in [-0.39, 0.29) is 24.3 Å². The third kappa shape index (κ3) is 5.06. The zero-order valence-corrected chi connectivity index (χ0v) is 14.3. The Morgan fingerprint density at radius 2 is 1.83 bits per heavy atom. The Balaban J connectivity index is 1.93. The summed E-state index contributed by atoms with van der Waals surface area (Å²) in [6.45, 7) is 5.70. The van der Waals surface area contributed by atoms with Crippen molar-refractivity contribution in [2.75, 3.05) is 19.7 Å². The fourth-order valence-corrected chi connectivity index (χ4v) is 3.37. The highest BCUT2D eigenvalue weighted by Crippen LogP contribution is 2.21. The maximum Gasteiger partial charge on any atom is 0.245 e. The lowest BCUT2D eigenvalue weighted by Gasteiger charge is -2.34. The highest BCUT2D eigenvalue weighted by Gasteiger charge is 2.31. The third-order valence-electron chi connectivity index (χ3n) is 4.88. The topological polar surface area (TPSA) is 69.6 Å². The first kappa shape index (κ1) is 18.0. The molecule has 2 rings (SSSR count). The molecule has 0 aromatic heterocycles. The largest absolute Gasteiger partial charge is 0.396 e. The van der Waals surface area contributed by atoms with Gasteiger partial charge in [-0.15, -0.1) is 0 Å². The number of carbonyl (C=O) groups excluding carboxylic acids is 2. The molecule has 0 saturated carbocycles. The van der Waals surface area contributed by atoms with E-state index in [9.17, 15) is 14.7 Å². The molecule has 1 saturated heterocycles. The Hall–Kier alpha value is -1.36. The molecule has 0 unspecified atom stereocenters. The summed E-state index contributed by atoms with van der Waals surface area (Å²) in [6.07, 6.45) is 7.97. The molecule has 0 radical (unpaired) electrons. The van der Waals surface area contributed by atoms with Crippen molar-refractivity contribution < 1.29 is 14.7 Å². The molecule has 1 atom stereocenters. The minimum Gasteiger partial charge on any atom is -0.396 e. The number of nitrogens with one attached hydrogen (secondary N) is 1. The summed E-state index contributed by atoms with van der Waals surface area (Å²) in [4.78, 5) is 27.0. The van der Waals surface area contributed by atoms with E-state index < -0.39 is 6.04 Å². The normalized spacial score (nSPS) is 21.0. The average Bonchev–Trinajstić information content (AvgIpc) is 3.07. The first-order valence-corrected chi connectivity index (χ1v) is 8.86. The molecule has 5 nitrogen and oxygen atoms in total. The smallest absolute Gasteiger partial charge is 0.245 e. The summed E-state index contributed by atoms with van der Waals surface area (Å²) < 4.78 is 0. The van der Waals surface area contributed by atoms with Gasteiger partial charge in [0, 0.05) is 25.6 Å². The molecule has 23 heavy (non-hydrogen) atoms. The molecule has 5 heteroatoms. The molecule has 2 aliphatic rings. The van der Waals surface area contributed by atoms with Crippen LogP contribution < -0.4 is 5.32 Å². The molecule has 1 heterocycles. The van der Waals surface area contributed by atoms with Crippen molar-refractivity contribution in [1.82, 2.24) is 10.2 Å². The predicted molar refractivity (Wildman–Crippen MR) is 89.6 cm³/mol. The van der Waals surface area contributed by atoms with E-state index in [0.29, 0.717) is 31.3 Å². The maximum atomic E-state index is 12.8. The van der Waals surface area contributed by atoms with Gasteiger partial charge in [-0.25, -0.2) is 0 Å². The Bertz CT molecular complexity index is 432. The number of hydrogen-bond donors (Lipinski definition) is 2. The van der Waals surface area contributed by atoms with Crippen molar-refractivity contribution in [3.05, 3.63) is 12.2 Å². The van der Waals surface area contributed by atoms with Crippen LogP contribution in [-0.2, 0) is 9.59 Å². The second-order valence-electron chi connectivity index (χ2n) is 7.28. The lowest BCUT2D eigenvalue weighted by molar-refractivity contribution is -0.139. The second-order valence-corrected chi connectivity index (χ2v) is 7.28. The van der Waals surface area contributed by atoms with Gasteiger partial charge in [0.25, 0.3) is 0 Å². The van der Waals surface area contributed by atoms with Crippen molar-refractivity contribution in [2.24, 2.45) is 17.8 Å². The first-order chi connectivity index (χ1) is 11.0. The number of nitrogens with zero attached hydrogens (tertiary/aromatic N) is 1. The highest BCUT2D eigenvalue weighted by atomic mass is 16.3. The Labute approximate surface area is 139 Å². The SMILES string of the molecule is CC(C)C[C@H](NC(=O)C1CC=CC1)C(=O)N1CCC(CO)CC1. The molecule has 2 amide bonds. The number of aliphatic hydroxyl groups is 1. The van der Waals surface area contributed by atoms with Crippen LogP contribution in [0.5, 0.6) is 0 Å². The van der Waals surface area contributed by atoms with Crippen LogP contribution in [0.15, 0.2) is 12.2 Å². The minimum atomic E-state index is -0.422. The van der Waals surface area contributed by atoms with Gasteiger partial charge in [0.15, 0.2) is 0 Å². The standard InChI is InChI=1S/C18H30N2O3/c1-13(2)11-16(19-17(22)15-5-3-4-6-15)18(23)20-9-7-14(12-21)8-10-20/h3-4,13-16,21H,5-12H2,1-2H3,(H,19,22)/t16-/m0/s1. The predicted octanol–water partition coefficient (Wildman–Crippen LogP) is 1.71. The molecular weight excluding hydrogens is 292 g/mol. The van der Waals surface area contributed by atoms with Crippen LogP contribution in [0.3, 0.4) is 0 Å². The van der Waals surface area contributed by atoms with E-state index in [1.165, 1.54) is 0 Å². The Kier molecular flexibility index (Phi) is 6.63. The highest BCUT2D eigenvalue weighted by molar-refractivity contribution is 5.88. The van der Waals surface area contributed by atoms with E-state index in [1.54, 1.807) is 0 Å². The second kappa shape index (κ2) is 8.48. The summed E-state index contributed by atoms with van der Waals surface area (Å²) >= 11 is 0. The van der Waals surface area contributed by atoms with E-state index >= 15 is 0 Å². The maximum absolute atomic E-state index is 12.8. The van der Waals surface area contributed by atoms with Crippen LogP contribution in [0, 0.1) is 17.8 Å². The number of rotatable bonds is 6. The van der Waals surface area contributed by atoms with Crippen LogP contribution in [0.1, 0.15) is 46.0 Å². The summed E-state index contributed by atoms with van der Waals surface area (Å²) in [5.74, 6) is 0.675. The van der Waals surface area contributed by atoms with E-state index in [4.69, 9.17) is 0 Å². The van der Waals surface area contributed by atoms with Crippen LogP contribution in [0.2, 0.25) is 0 Å². The molecule has 1 aliphatic carbocycles. The minimum absolute atomic E-state index is 0.000700. The number of hydrogen-bond acceptors (Lipinski definition) is 3. The van der Waals surface area contributed by atoms with Gasteiger partial charge in [0.2, 0.25) is 11.8 Å². The molecular formula is C18H30N2O3. The summed E-state index contributed by atoms with van der Waals surface area (Å²) in [6, 6.07) is -0.422. The van der Waals surface area contributed by atoms with Crippen LogP contribution in [0.25, 0.3) is 0 Å². The van der Waals surface area contributed by atoms with Gasteiger partial charge in [-0.3, -0.25) is 9.59 Å². The van der Waals surface area contributed by atoms with Gasteiger partial charge < -0.3 is 15.3 Å². The number of allylic oxidation sites excluding steroid dienone is 2. The Morgan fingerprint density at radius 3 is 2.35 bits per heavy atom. The number of piperidine rings is 1. The fourth-order valence-electron chi connectivity index (χ4n) is 3.37. The third-order valence-corrected chi connectivity index (χ3v) is 4.88. The lowest BCUT2D eigenvalue weighted by Crippen LogP contribution is -2.52. The van der Waals surface area contributed by atoms with Crippen LogP contribution in [-0.4, -0.2) is 47.6 Å². The van der Waals surface area contributed by atoms with Crippen molar-refractivity contribution in [2.45, 2.75) is 52.0 Å². The van der Waals surface area contributed by atoms with Crippen LogP contribution in [0.4, 0.5) is 0 Å². The van der Waals surface area contributed by atoms with E-state index in [2.05, 4.69) is 19.2 Å². The Morgan fingerprint density at radius 1 is 1.22 bits per heavy atom. The molecule has 2 N–H and O–H groups in total. The van der Waals surface area contributed by atoms with E-state index in [0.717, 1.165) is 25.7 Å². The fraction of sp³-hybridized carbons (Fsp3) is 0.778. The monoisotopic (exact) mass is 322 g/mol. The van der Waals surface area contributed by atoms with Gasteiger partial charge in [-0.2, -0.15) is 0 Å². The van der Waals surface area contributed by atoms with Gasteiger partial charge in [0.05, 0.1) is 0 Å². The van der Waals surface area contributed by atoms with Crippen molar-refractivity contribution in [3.8, 4) is 0 Å². The van der Waals surface area contributed by atoms with Gasteiger partial charge in [-0.1, -0.05) is 26.0 Å². The van der Waals surface area contributed by atoms with Gasteiger partial charge in [-0.05, 0) is 43.9 Å². The summed E-state index contributed by atoms with van der Waals surface area (Å²) in [7, 11) is 0. The number of carbonyl (C=O) groups is 2. The number of amides is 2. The van der Waals surface area contributed by atoms with Crippen molar-refractivity contribution in [3.63, 3.8) is 0 Å². The van der Waals surface area contributed by atoms with E-state index in [1.807, 2.05) is 17.1 Å². The molecule has 130 valence electrons. The molecule has 0 spiro atoms. The quantitative estimate of drug-likeness (QED) is 0.732. The number of likely N-dealkylation sites (tertiary alicyclic amines) is 1. The zero-order valence-electron chi connectivity index (χ0n) is 14.3. The lowest BCUT2D eigenvalue weighted by atomic mass is 9.95. The van der Waals surface area contributed by atoms with Crippen LogP contribution >= 0.6 is 0 Å². The molecule has 0 aromatic carbocycles. The molecule has 0 aromatic rings. The zero-order chi connectivity index (χ0) is 16.8. The first-order valence-electron chi connectivity index (χ1n) is 8.86. The molecule has 1 aliphatic heterocycles. The van der Waals surface area contributed by atoms with Crippen molar-refractivity contribution in [1.29, 1.82) is 0 Å². The molecule has 1 fully saturated rings. The van der Waals surface area contributed by atoms with Gasteiger partial charge >= 0.3 is 0 Å². The molecule has 0 bridgehead atoms.